The van der Waals surface area contributed by atoms with Crippen LogP contribution < -0.4 is 10.1 Å². The summed E-state index contributed by atoms with van der Waals surface area (Å²) in [5.74, 6) is 1.61. The Morgan fingerprint density at radius 2 is 2.10 bits per heavy atom. The molecule has 1 atom stereocenters. The van der Waals surface area contributed by atoms with Crippen molar-refractivity contribution in [2.24, 2.45) is 5.92 Å². The van der Waals surface area contributed by atoms with Gasteiger partial charge in [-0.25, -0.2) is 0 Å². The second-order valence-corrected chi connectivity index (χ2v) is 5.49. The van der Waals surface area contributed by atoms with Gasteiger partial charge in [-0.3, -0.25) is 0 Å². The number of nitrogens with one attached hydrogen (secondary N) is 1. The molecule has 3 nitrogen and oxygen atoms in total. The zero-order valence-electron chi connectivity index (χ0n) is 13.4. The van der Waals surface area contributed by atoms with E-state index in [-0.39, 0.29) is 0 Å². The van der Waals surface area contributed by atoms with Crippen LogP contribution in [0.3, 0.4) is 0 Å². The molecule has 1 N–H and O–H groups in total. The number of aryl methyl sites for hydroxylation is 1. The highest BCUT2D eigenvalue weighted by Crippen LogP contribution is 2.21. The second-order valence-electron chi connectivity index (χ2n) is 5.49. The minimum absolute atomic E-state index is 0.607. The Morgan fingerprint density at radius 3 is 2.80 bits per heavy atom. The van der Waals surface area contributed by atoms with E-state index in [1.165, 1.54) is 24.0 Å². The fourth-order valence-electron chi connectivity index (χ4n) is 2.19. The summed E-state index contributed by atoms with van der Waals surface area (Å²) < 4.78 is 11.0. The van der Waals surface area contributed by atoms with Crippen LogP contribution in [0.2, 0.25) is 0 Å². The van der Waals surface area contributed by atoms with Gasteiger partial charge in [0.15, 0.2) is 0 Å². The lowest BCUT2D eigenvalue weighted by atomic mass is 10.1. The largest absolute Gasteiger partial charge is 0.493 e. The number of ether oxygens (including phenoxy) is 2. The molecule has 0 spiro atoms. The lowest BCUT2D eigenvalue weighted by molar-refractivity contribution is 0.198. The molecule has 1 unspecified atom stereocenters. The highest BCUT2D eigenvalue weighted by Gasteiger charge is 2.07. The van der Waals surface area contributed by atoms with E-state index in [1.54, 1.807) is 7.11 Å². The summed E-state index contributed by atoms with van der Waals surface area (Å²) >= 11 is 0. The SMILES string of the molecule is CCCC(C)COc1ccc(C)cc1CNCCOC. The van der Waals surface area contributed by atoms with Crippen molar-refractivity contribution in [3.63, 3.8) is 0 Å². The second kappa shape index (κ2) is 9.78. The first kappa shape index (κ1) is 17.0. The molecule has 0 aliphatic heterocycles. The highest BCUT2D eigenvalue weighted by molar-refractivity contribution is 5.36. The molecule has 0 aliphatic carbocycles. The minimum Gasteiger partial charge on any atom is -0.493 e. The van der Waals surface area contributed by atoms with E-state index >= 15 is 0 Å². The summed E-state index contributed by atoms with van der Waals surface area (Å²) in [7, 11) is 1.72. The predicted octanol–water partition coefficient (Wildman–Crippen LogP) is 3.55. The van der Waals surface area contributed by atoms with Crippen LogP contribution in [0.1, 0.15) is 37.8 Å². The van der Waals surface area contributed by atoms with Gasteiger partial charge in [-0.1, -0.05) is 38.0 Å². The van der Waals surface area contributed by atoms with E-state index in [9.17, 15) is 0 Å². The summed E-state index contributed by atoms with van der Waals surface area (Å²) in [6, 6.07) is 6.39. The summed E-state index contributed by atoms with van der Waals surface area (Å²) in [4.78, 5) is 0. The Labute approximate surface area is 123 Å². The monoisotopic (exact) mass is 279 g/mol. The van der Waals surface area contributed by atoms with Gasteiger partial charge in [-0.05, 0) is 25.3 Å². The van der Waals surface area contributed by atoms with Gasteiger partial charge in [0.25, 0.3) is 0 Å². The van der Waals surface area contributed by atoms with Gasteiger partial charge in [-0.2, -0.15) is 0 Å². The van der Waals surface area contributed by atoms with Crippen molar-refractivity contribution in [3.8, 4) is 5.75 Å². The third kappa shape index (κ3) is 6.40. The van der Waals surface area contributed by atoms with Crippen LogP contribution in [-0.2, 0) is 11.3 Å². The zero-order valence-corrected chi connectivity index (χ0v) is 13.4. The van der Waals surface area contributed by atoms with Crippen molar-refractivity contribution in [1.29, 1.82) is 0 Å². The van der Waals surface area contributed by atoms with E-state index in [2.05, 4.69) is 44.3 Å². The summed E-state index contributed by atoms with van der Waals surface area (Å²) in [5.41, 5.74) is 2.49. The number of rotatable bonds is 10. The summed E-state index contributed by atoms with van der Waals surface area (Å²) in [6.45, 7) is 9.78. The fourth-order valence-corrected chi connectivity index (χ4v) is 2.19. The van der Waals surface area contributed by atoms with Gasteiger partial charge in [-0.15, -0.1) is 0 Å². The summed E-state index contributed by atoms with van der Waals surface area (Å²) in [5, 5.41) is 3.38. The average Bonchev–Trinajstić information content (AvgIpc) is 2.43. The Bertz CT molecular complexity index is 379. The molecule has 0 fully saturated rings. The molecular formula is C17H29NO2. The van der Waals surface area contributed by atoms with Gasteiger partial charge in [0.1, 0.15) is 5.75 Å². The van der Waals surface area contributed by atoms with Crippen LogP contribution in [0.25, 0.3) is 0 Å². The number of hydrogen-bond donors (Lipinski definition) is 1. The highest BCUT2D eigenvalue weighted by atomic mass is 16.5. The van der Waals surface area contributed by atoms with Crippen molar-refractivity contribution in [3.05, 3.63) is 29.3 Å². The van der Waals surface area contributed by atoms with Gasteiger partial charge in [0.05, 0.1) is 13.2 Å². The van der Waals surface area contributed by atoms with Crippen molar-refractivity contribution in [2.45, 2.75) is 40.2 Å². The van der Waals surface area contributed by atoms with Crippen LogP contribution in [0.15, 0.2) is 18.2 Å². The molecular weight excluding hydrogens is 250 g/mol. The molecule has 3 heteroatoms. The maximum absolute atomic E-state index is 5.99. The number of benzene rings is 1. The first-order chi connectivity index (χ1) is 9.67. The maximum Gasteiger partial charge on any atom is 0.123 e. The Hall–Kier alpha value is -1.06. The first-order valence-electron chi connectivity index (χ1n) is 7.59. The number of methoxy groups -OCH3 is 1. The standard InChI is InChI=1S/C17H29NO2/c1-5-6-15(3)13-20-17-8-7-14(2)11-16(17)12-18-9-10-19-4/h7-8,11,15,18H,5-6,9-10,12-13H2,1-4H3. The van der Waals surface area contributed by atoms with Gasteiger partial charge >= 0.3 is 0 Å². The molecule has 0 amide bonds. The van der Waals surface area contributed by atoms with Crippen molar-refractivity contribution >= 4 is 0 Å². The fraction of sp³-hybridized carbons (Fsp3) is 0.647. The van der Waals surface area contributed by atoms with E-state index < -0.39 is 0 Å². The molecule has 114 valence electrons. The van der Waals surface area contributed by atoms with Gasteiger partial charge in [0.2, 0.25) is 0 Å². The average molecular weight is 279 g/mol. The van der Waals surface area contributed by atoms with E-state index in [0.29, 0.717) is 5.92 Å². The number of hydrogen-bond acceptors (Lipinski definition) is 3. The molecule has 0 heterocycles. The van der Waals surface area contributed by atoms with Crippen molar-refractivity contribution in [2.75, 3.05) is 26.9 Å². The Morgan fingerprint density at radius 1 is 1.30 bits per heavy atom. The quantitative estimate of drug-likeness (QED) is 0.664. The van der Waals surface area contributed by atoms with Gasteiger partial charge in [0, 0.05) is 25.8 Å². The molecule has 0 aliphatic rings. The van der Waals surface area contributed by atoms with Crippen LogP contribution in [0.5, 0.6) is 5.75 Å². The predicted molar refractivity (Wildman–Crippen MR) is 84.3 cm³/mol. The summed E-state index contributed by atoms with van der Waals surface area (Å²) in [6.07, 6.45) is 2.43. The third-order valence-electron chi connectivity index (χ3n) is 3.32. The molecule has 0 saturated heterocycles. The van der Waals surface area contributed by atoms with Crippen molar-refractivity contribution < 1.29 is 9.47 Å². The maximum atomic E-state index is 5.99. The normalized spacial score (nSPS) is 12.4. The van der Waals surface area contributed by atoms with Crippen molar-refractivity contribution in [1.82, 2.24) is 5.32 Å². The van der Waals surface area contributed by atoms with Crippen LogP contribution in [-0.4, -0.2) is 26.9 Å². The molecule has 20 heavy (non-hydrogen) atoms. The lowest BCUT2D eigenvalue weighted by Crippen LogP contribution is -2.19. The van der Waals surface area contributed by atoms with Crippen LogP contribution in [0.4, 0.5) is 0 Å². The molecule has 0 aromatic heterocycles. The smallest absolute Gasteiger partial charge is 0.123 e. The van der Waals surface area contributed by atoms with E-state index in [4.69, 9.17) is 9.47 Å². The van der Waals surface area contributed by atoms with Gasteiger partial charge < -0.3 is 14.8 Å². The zero-order chi connectivity index (χ0) is 14.8. The molecule has 0 radical (unpaired) electrons. The van der Waals surface area contributed by atoms with Crippen LogP contribution in [0, 0.1) is 12.8 Å². The molecule has 1 rings (SSSR count). The third-order valence-corrected chi connectivity index (χ3v) is 3.32. The molecule has 0 bridgehead atoms. The molecule has 1 aromatic rings. The Kier molecular flexibility index (Phi) is 8.31. The Balaban J connectivity index is 2.55. The van der Waals surface area contributed by atoms with E-state index in [0.717, 1.165) is 32.1 Å². The lowest BCUT2D eigenvalue weighted by Gasteiger charge is -2.16. The first-order valence-corrected chi connectivity index (χ1v) is 7.59. The van der Waals surface area contributed by atoms with Crippen LogP contribution >= 0.6 is 0 Å². The molecule has 1 aromatic carbocycles. The molecule has 0 saturated carbocycles. The van der Waals surface area contributed by atoms with E-state index in [1.807, 2.05) is 0 Å². The minimum atomic E-state index is 0.607. The topological polar surface area (TPSA) is 30.5 Å².